The lowest BCUT2D eigenvalue weighted by Crippen LogP contribution is -2.52. The van der Waals surface area contributed by atoms with Crippen LogP contribution in [0.25, 0.3) is 0 Å². The van der Waals surface area contributed by atoms with Crippen molar-refractivity contribution < 1.29 is 32.6 Å². The van der Waals surface area contributed by atoms with Gasteiger partial charge in [-0.3, -0.25) is 0 Å². The summed E-state index contributed by atoms with van der Waals surface area (Å²) in [6.07, 6.45) is 4.38. The van der Waals surface area contributed by atoms with Crippen molar-refractivity contribution >= 4 is 12.1 Å². The van der Waals surface area contributed by atoms with Crippen molar-refractivity contribution in [1.82, 2.24) is 20.9 Å². The minimum atomic E-state index is -0.691. The van der Waals surface area contributed by atoms with Crippen LogP contribution < -0.4 is 16.0 Å². The van der Waals surface area contributed by atoms with Gasteiger partial charge >= 0.3 is 12.1 Å². The molecule has 1 aromatic rings. The number of piperidine rings is 1. The van der Waals surface area contributed by atoms with Crippen molar-refractivity contribution in [3.63, 3.8) is 0 Å². The van der Waals surface area contributed by atoms with Crippen molar-refractivity contribution in [2.45, 2.75) is 50.7 Å². The summed E-state index contributed by atoms with van der Waals surface area (Å²) in [6.45, 7) is 3.44. The maximum Gasteiger partial charge on any atom is 0.406 e. The number of carbonyl (C=O) groups is 2. The van der Waals surface area contributed by atoms with Crippen LogP contribution in [0.15, 0.2) is 18.2 Å². The second-order valence-corrected chi connectivity index (χ2v) is 10.1. The molecule has 4 atom stereocenters. The van der Waals surface area contributed by atoms with E-state index in [9.17, 15) is 18.4 Å². The van der Waals surface area contributed by atoms with Gasteiger partial charge < -0.3 is 35.1 Å². The lowest BCUT2D eigenvalue weighted by atomic mass is 9.88. The van der Waals surface area contributed by atoms with Crippen LogP contribution >= 0.6 is 0 Å². The van der Waals surface area contributed by atoms with E-state index in [-0.39, 0.29) is 31.1 Å². The predicted molar refractivity (Wildman–Crippen MR) is 139 cm³/mol. The Bertz CT molecular complexity index is 865. The molecule has 214 valence electrons. The Labute approximate surface area is 223 Å². The number of urea groups is 1. The third-order valence-corrected chi connectivity index (χ3v) is 7.14. The molecule has 2 fully saturated rings. The Morgan fingerprint density at radius 1 is 1.16 bits per heavy atom. The topological polar surface area (TPSA) is 101 Å². The first kappa shape index (κ1) is 30.0. The monoisotopic (exact) mass is 540 g/mol. The summed E-state index contributed by atoms with van der Waals surface area (Å²) in [4.78, 5) is 26.4. The van der Waals surface area contributed by atoms with Gasteiger partial charge in [-0.25, -0.2) is 18.4 Å². The summed E-state index contributed by atoms with van der Waals surface area (Å²) < 4.78 is 44.5. The summed E-state index contributed by atoms with van der Waals surface area (Å²) in [5.74, 6) is -1.15. The van der Waals surface area contributed by atoms with E-state index in [2.05, 4.69) is 20.7 Å². The van der Waals surface area contributed by atoms with Gasteiger partial charge in [0, 0.05) is 57.4 Å². The molecule has 4 unspecified atom stereocenters. The molecule has 0 radical (unpaired) electrons. The molecule has 38 heavy (non-hydrogen) atoms. The Morgan fingerprint density at radius 3 is 2.68 bits per heavy atom. The SMILES string of the molecule is CNCC(CC1CCCCOC1)NC(=O)N1CCCC(C(OCCNC(=O)OC)c2cc(F)cc(F)c2)C1. The molecule has 2 aliphatic heterocycles. The number of carbonyl (C=O) groups excluding carboxylic acids is 2. The lowest BCUT2D eigenvalue weighted by molar-refractivity contribution is -0.00899. The minimum Gasteiger partial charge on any atom is -0.453 e. The van der Waals surface area contributed by atoms with Crippen molar-refractivity contribution in [2.24, 2.45) is 11.8 Å². The van der Waals surface area contributed by atoms with E-state index in [1.54, 1.807) is 4.90 Å². The Morgan fingerprint density at radius 2 is 1.95 bits per heavy atom. The number of alkyl carbamates (subject to hydrolysis) is 1. The van der Waals surface area contributed by atoms with Gasteiger partial charge in [-0.15, -0.1) is 0 Å². The molecule has 0 aliphatic carbocycles. The molecule has 0 aromatic heterocycles. The number of methoxy groups -OCH3 is 1. The molecule has 9 nitrogen and oxygen atoms in total. The van der Waals surface area contributed by atoms with Crippen LogP contribution in [-0.4, -0.2) is 83.2 Å². The van der Waals surface area contributed by atoms with Gasteiger partial charge in [0.05, 0.1) is 19.8 Å². The Hall–Kier alpha value is -2.50. The van der Waals surface area contributed by atoms with E-state index >= 15 is 0 Å². The van der Waals surface area contributed by atoms with Gasteiger partial charge in [-0.2, -0.15) is 0 Å². The highest BCUT2D eigenvalue weighted by Crippen LogP contribution is 2.34. The number of hydrogen-bond acceptors (Lipinski definition) is 6. The molecular formula is C27H42F2N4O5. The van der Waals surface area contributed by atoms with Crippen LogP contribution in [0, 0.1) is 23.5 Å². The third-order valence-electron chi connectivity index (χ3n) is 7.14. The number of halogens is 2. The molecule has 0 saturated carbocycles. The fourth-order valence-electron chi connectivity index (χ4n) is 5.36. The average Bonchev–Trinajstić information content (AvgIpc) is 3.16. The predicted octanol–water partition coefficient (Wildman–Crippen LogP) is 3.59. The first-order chi connectivity index (χ1) is 18.4. The van der Waals surface area contributed by atoms with E-state index in [0.29, 0.717) is 31.1 Å². The molecule has 0 spiro atoms. The van der Waals surface area contributed by atoms with Crippen molar-refractivity contribution in [1.29, 1.82) is 0 Å². The maximum absolute atomic E-state index is 14.1. The van der Waals surface area contributed by atoms with Gasteiger partial charge in [0.1, 0.15) is 11.6 Å². The molecule has 2 heterocycles. The van der Waals surface area contributed by atoms with Gasteiger partial charge in [0.15, 0.2) is 0 Å². The first-order valence-corrected chi connectivity index (χ1v) is 13.6. The largest absolute Gasteiger partial charge is 0.453 e. The quantitative estimate of drug-likeness (QED) is 0.371. The number of ether oxygens (including phenoxy) is 3. The van der Waals surface area contributed by atoms with Gasteiger partial charge in [-0.05, 0) is 62.8 Å². The Kier molecular flexibility index (Phi) is 12.5. The molecule has 0 bridgehead atoms. The summed E-state index contributed by atoms with van der Waals surface area (Å²) in [5.41, 5.74) is 0.370. The molecule has 3 amide bonds. The Balaban J connectivity index is 1.65. The third kappa shape index (κ3) is 9.67. The fraction of sp³-hybridized carbons (Fsp3) is 0.704. The molecule has 2 aliphatic rings. The van der Waals surface area contributed by atoms with Gasteiger partial charge in [0.2, 0.25) is 0 Å². The lowest BCUT2D eigenvalue weighted by Gasteiger charge is -2.38. The van der Waals surface area contributed by atoms with E-state index in [1.165, 1.54) is 19.2 Å². The first-order valence-electron chi connectivity index (χ1n) is 13.6. The average molecular weight is 541 g/mol. The second-order valence-electron chi connectivity index (χ2n) is 10.1. The van der Waals surface area contributed by atoms with Gasteiger partial charge in [-0.1, -0.05) is 6.42 Å². The smallest absolute Gasteiger partial charge is 0.406 e. The zero-order valence-corrected chi connectivity index (χ0v) is 22.5. The molecule has 3 rings (SSSR count). The summed E-state index contributed by atoms with van der Waals surface area (Å²) in [5, 5.41) is 8.91. The highest BCUT2D eigenvalue weighted by molar-refractivity contribution is 5.74. The van der Waals surface area contributed by atoms with E-state index in [4.69, 9.17) is 9.47 Å². The van der Waals surface area contributed by atoms with Crippen LogP contribution in [-0.2, 0) is 14.2 Å². The number of amides is 3. The minimum absolute atomic E-state index is 0.0339. The zero-order chi connectivity index (χ0) is 27.3. The van der Waals surface area contributed by atoms with E-state index in [0.717, 1.165) is 57.8 Å². The number of benzene rings is 1. The van der Waals surface area contributed by atoms with Crippen LogP contribution in [0.4, 0.5) is 18.4 Å². The standard InChI is InChI=1S/C27H42F2N4O5/c1-30-16-24(12-19-6-3-4-10-37-18-19)32-26(34)33-9-5-7-20(17-33)25(38-11-8-31-27(35)36-2)21-13-22(28)15-23(29)14-21/h13-15,19-20,24-25,30H,3-12,16-18H2,1-2H3,(H,31,35)(H,32,34). The summed E-state index contributed by atoms with van der Waals surface area (Å²) in [6, 6.07) is 3.16. The number of likely N-dealkylation sites (N-methyl/N-ethyl adjacent to an activating group) is 1. The second kappa shape index (κ2) is 15.8. The normalized spacial score (nSPS) is 21.7. The highest BCUT2D eigenvalue weighted by Gasteiger charge is 2.32. The van der Waals surface area contributed by atoms with Gasteiger partial charge in [0.25, 0.3) is 0 Å². The maximum atomic E-state index is 14.1. The number of hydrogen-bond donors (Lipinski definition) is 3. The van der Waals surface area contributed by atoms with Crippen LogP contribution in [0.1, 0.15) is 50.2 Å². The molecule has 11 heteroatoms. The molecular weight excluding hydrogens is 498 g/mol. The fourth-order valence-corrected chi connectivity index (χ4v) is 5.36. The number of rotatable bonds is 11. The van der Waals surface area contributed by atoms with Crippen LogP contribution in [0.5, 0.6) is 0 Å². The molecule has 2 saturated heterocycles. The van der Waals surface area contributed by atoms with Crippen molar-refractivity contribution in [3.8, 4) is 0 Å². The van der Waals surface area contributed by atoms with Crippen molar-refractivity contribution in [3.05, 3.63) is 35.4 Å². The van der Waals surface area contributed by atoms with Crippen LogP contribution in [0.2, 0.25) is 0 Å². The number of likely N-dealkylation sites (tertiary alicyclic amines) is 1. The van der Waals surface area contributed by atoms with E-state index < -0.39 is 23.8 Å². The molecule has 1 aromatic carbocycles. The van der Waals surface area contributed by atoms with Crippen LogP contribution in [0.3, 0.4) is 0 Å². The summed E-state index contributed by atoms with van der Waals surface area (Å²) >= 11 is 0. The summed E-state index contributed by atoms with van der Waals surface area (Å²) in [7, 11) is 3.14. The van der Waals surface area contributed by atoms with Crippen molar-refractivity contribution in [2.75, 3.05) is 60.2 Å². The van der Waals surface area contributed by atoms with E-state index in [1.807, 2.05) is 7.05 Å². The molecule has 3 N–H and O–H groups in total. The number of nitrogens with zero attached hydrogens (tertiary/aromatic N) is 1. The number of nitrogens with one attached hydrogen (secondary N) is 3. The highest BCUT2D eigenvalue weighted by atomic mass is 19.1. The zero-order valence-electron chi connectivity index (χ0n) is 22.5.